The van der Waals surface area contributed by atoms with Crippen molar-refractivity contribution in [2.24, 2.45) is 11.7 Å². The highest BCUT2D eigenvalue weighted by Gasteiger charge is 2.27. The molecule has 0 heterocycles. The highest BCUT2D eigenvalue weighted by atomic mass is 16.5. The Balaban J connectivity index is 4.48. The minimum Gasteiger partial charge on any atom is -0.467 e. The lowest BCUT2D eigenvalue weighted by molar-refractivity contribution is -0.146. The van der Waals surface area contributed by atoms with Crippen molar-refractivity contribution in [1.82, 2.24) is 5.32 Å². The molecule has 0 aromatic heterocycles. The third kappa shape index (κ3) is 5.46. The molecular weight excluding hydrogens is 236 g/mol. The van der Waals surface area contributed by atoms with Crippen LogP contribution in [0, 0.1) is 5.92 Å². The number of nitrogens with two attached hydrogens (primary N) is 1. The quantitative estimate of drug-likeness (QED) is 0.602. The average Bonchev–Trinajstić information content (AvgIpc) is 2.40. The lowest BCUT2D eigenvalue weighted by Crippen LogP contribution is -2.47. The van der Waals surface area contributed by atoms with Crippen LogP contribution in [0.2, 0.25) is 0 Å². The Kier molecular flexibility index (Phi) is 8.32. The van der Waals surface area contributed by atoms with Crippen molar-refractivity contribution < 1.29 is 19.1 Å². The van der Waals surface area contributed by atoms with Gasteiger partial charge in [-0.2, -0.15) is 0 Å². The van der Waals surface area contributed by atoms with Crippen molar-refractivity contribution in [3.05, 3.63) is 0 Å². The Bertz CT molecular complexity index is 267. The van der Waals surface area contributed by atoms with Crippen LogP contribution in [0.25, 0.3) is 0 Å². The number of hydrogen-bond acceptors (Lipinski definition) is 5. The van der Waals surface area contributed by atoms with Crippen LogP contribution in [-0.2, 0) is 19.1 Å². The van der Waals surface area contributed by atoms with E-state index in [4.69, 9.17) is 10.5 Å². The molecule has 3 unspecified atom stereocenters. The first-order chi connectivity index (χ1) is 8.49. The first-order valence-electron chi connectivity index (χ1n) is 6.10. The van der Waals surface area contributed by atoms with Crippen LogP contribution < -0.4 is 11.1 Å². The van der Waals surface area contributed by atoms with Gasteiger partial charge in [-0.1, -0.05) is 20.3 Å². The molecule has 0 radical (unpaired) electrons. The standard InChI is InChI=1S/C12H24N2O4/c1-5-8(2)11(12(16)18-4)14-10(15)6-9(7-13)17-3/h8-9,11H,5-7,13H2,1-4H3,(H,14,15). The Morgan fingerprint density at radius 1 is 1.33 bits per heavy atom. The van der Waals surface area contributed by atoms with Crippen LogP contribution in [0.1, 0.15) is 26.7 Å². The summed E-state index contributed by atoms with van der Waals surface area (Å²) in [6.45, 7) is 4.10. The van der Waals surface area contributed by atoms with Crippen molar-refractivity contribution >= 4 is 11.9 Å². The molecule has 3 N–H and O–H groups in total. The zero-order valence-electron chi connectivity index (χ0n) is 11.6. The van der Waals surface area contributed by atoms with E-state index in [1.807, 2.05) is 13.8 Å². The summed E-state index contributed by atoms with van der Waals surface area (Å²) in [5, 5.41) is 2.67. The first-order valence-corrected chi connectivity index (χ1v) is 6.10. The summed E-state index contributed by atoms with van der Waals surface area (Å²) in [4.78, 5) is 23.3. The predicted molar refractivity (Wildman–Crippen MR) is 67.9 cm³/mol. The number of amides is 1. The van der Waals surface area contributed by atoms with Crippen LogP contribution in [0.5, 0.6) is 0 Å². The van der Waals surface area contributed by atoms with E-state index in [2.05, 4.69) is 10.1 Å². The summed E-state index contributed by atoms with van der Waals surface area (Å²) < 4.78 is 9.71. The van der Waals surface area contributed by atoms with Gasteiger partial charge in [0.25, 0.3) is 0 Å². The monoisotopic (exact) mass is 260 g/mol. The Morgan fingerprint density at radius 3 is 2.33 bits per heavy atom. The molecule has 6 heteroatoms. The Hall–Kier alpha value is -1.14. The van der Waals surface area contributed by atoms with Gasteiger partial charge in [0, 0.05) is 13.7 Å². The third-order valence-corrected chi connectivity index (χ3v) is 2.99. The lowest BCUT2D eigenvalue weighted by Gasteiger charge is -2.22. The number of methoxy groups -OCH3 is 2. The number of carbonyl (C=O) groups is 2. The van der Waals surface area contributed by atoms with Gasteiger partial charge in [0.2, 0.25) is 5.91 Å². The molecular formula is C12H24N2O4. The Morgan fingerprint density at radius 2 is 1.94 bits per heavy atom. The Labute approximate surface area is 108 Å². The van der Waals surface area contributed by atoms with Crippen LogP contribution in [-0.4, -0.2) is 44.8 Å². The van der Waals surface area contributed by atoms with Gasteiger partial charge in [0.15, 0.2) is 0 Å². The summed E-state index contributed by atoms with van der Waals surface area (Å²) in [7, 11) is 2.80. The van der Waals surface area contributed by atoms with Crippen LogP contribution in [0.4, 0.5) is 0 Å². The topological polar surface area (TPSA) is 90.7 Å². The molecule has 0 aliphatic rings. The van der Waals surface area contributed by atoms with E-state index in [0.29, 0.717) is 0 Å². The zero-order chi connectivity index (χ0) is 14.1. The van der Waals surface area contributed by atoms with Crippen molar-refractivity contribution in [1.29, 1.82) is 0 Å². The number of hydrogen-bond donors (Lipinski definition) is 2. The molecule has 0 bridgehead atoms. The maximum absolute atomic E-state index is 11.8. The third-order valence-electron chi connectivity index (χ3n) is 2.99. The van der Waals surface area contributed by atoms with E-state index in [1.54, 1.807) is 0 Å². The molecule has 0 saturated heterocycles. The fourth-order valence-corrected chi connectivity index (χ4v) is 1.50. The molecule has 0 saturated carbocycles. The predicted octanol–water partition coefficient (Wildman–Crippen LogP) is 0.0541. The fourth-order valence-electron chi connectivity index (χ4n) is 1.50. The van der Waals surface area contributed by atoms with Gasteiger partial charge in [0.05, 0.1) is 19.6 Å². The molecule has 3 atom stereocenters. The van der Waals surface area contributed by atoms with Gasteiger partial charge in [-0.15, -0.1) is 0 Å². The molecule has 18 heavy (non-hydrogen) atoms. The van der Waals surface area contributed by atoms with E-state index < -0.39 is 12.0 Å². The van der Waals surface area contributed by atoms with Crippen LogP contribution in [0.15, 0.2) is 0 Å². The molecule has 6 nitrogen and oxygen atoms in total. The normalized spacial score (nSPS) is 15.6. The van der Waals surface area contributed by atoms with E-state index in [-0.39, 0.29) is 30.9 Å². The fraction of sp³-hybridized carbons (Fsp3) is 0.833. The van der Waals surface area contributed by atoms with Gasteiger partial charge < -0.3 is 20.5 Å². The number of carbonyl (C=O) groups excluding carboxylic acids is 2. The van der Waals surface area contributed by atoms with Gasteiger partial charge >= 0.3 is 5.97 Å². The van der Waals surface area contributed by atoms with Crippen LogP contribution in [0.3, 0.4) is 0 Å². The van der Waals surface area contributed by atoms with Crippen molar-refractivity contribution in [3.63, 3.8) is 0 Å². The molecule has 0 aliphatic carbocycles. The molecule has 0 aliphatic heterocycles. The smallest absolute Gasteiger partial charge is 0.328 e. The molecule has 0 aromatic carbocycles. The number of ether oxygens (including phenoxy) is 2. The maximum Gasteiger partial charge on any atom is 0.328 e. The molecule has 0 aromatic rings. The highest BCUT2D eigenvalue weighted by Crippen LogP contribution is 2.10. The van der Waals surface area contributed by atoms with E-state index in [0.717, 1.165) is 6.42 Å². The average molecular weight is 260 g/mol. The largest absolute Gasteiger partial charge is 0.467 e. The minimum absolute atomic E-state index is 0.0141. The second kappa shape index (κ2) is 8.88. The van der Waals surface area contributed by atoms with E-state index in [1.165, 1.54) is 14.2 Å². The van der Waals surface area contributed by atoms with Crippen molar-refractivity contribution in [3.8, 4) is 0 Å². The van der Waals surface area contributed by atoms with Gasteiger partial charge in [-0.05, 0) is 5.92 Å². The molecule has 1 amide bonds. The lowest BCUT2D eigenvalue weighted by atomic mass is 9.99. The van der Waals surface area contributed by atoms with Crippen molar-refractivity contribution in [2.45, 2.75) is 38.8 Å². The summed E-state index contributed by atoms with van der Waals surface area (Å²) in [6, 6.07) is -0.622. The molecule has 0 spiro atoms. The molecule has 106 valence electrons. The van der Waals surface area contributed by atoms with E-state index in [9.17, 15) is 9.59 Å². The van der Waals surface area contributed by atoms with Gasteiger partial charge in [-0.25, -0.2) is 4.79 Å². The summed E-state index contributed by atoms with van der Waals surface area (Å²) >= 11 is 0. The summed E-state index contributed by atoms with van der Waals surface area (Å²) in [5.41, 5.74) is 5.44. The van der Waals surface area contributed by atoms with Gasteiger partial charge in [-0.3, -0.25) is 4.79 Å². The van der Waals surface area contributed by atoms with Gasteiger partial charge in [0.1, 0.15) is 6.04 Å². The SMILES string of the molecule is CCC(C)C(NC(=O)CC(CN)OC)C(=O)OC. The molecule has 0 fully saturated rings. The minimum atomic E-state index is -0.622. The summed E-state index contributed by atoms with van der Waals surface area (Å²) in [6.07, 6.45) is 0.571. The molecule has 0 rings (SSSR count). The highest BCUT2D eigenvalue weighted by molar-refractivity contribution is 5.84. The van der Waals surface area contributed by atoms with Crippen LogP contribution >= 0.6 is 0 Å². The van der Waals surface area contributed by atoms with E-state index >= 15 is 0 Å². The maximum atomic E-state index is 11.8. The van der Waals surface area contributed by atoms with Crippen molar-refractivity contribution in [2.75, 3.05) is 20.8 Å². The zero-order valence-corrected chi connectivity index (χ0v) is 11.6. The number of rotatable bonds is 8. The second-order valence-electron chi connectivity index (χ2n) is 4.25. The number of esters is 1. The second-order valence-corrected chi connectivity index (χ2v) is 4.25. The first kappa shape index (κ1) is 16.9. The summed E-state index contributed by atoms with van der Waals surface area (Å²) in [5.74, 6) is -0.678. The number of nitrogens with one attached hydrogen (secondary N) is 1.